The fraction of sp³-hybridized carbons (Fsp3) is 0.412. The smallest absolute Gasteiger partial charge is 0.290 e. The first kappa shape index (κ1) is 19.4. The van der Waals surface area contributed by atoms with Crippen LogP contribution in [0.2, 0.25) is 0 Å². The van der Waals surface area contributed by atoms with Crippen molar-refractivity contribution in [2.24, 2.45) is 0 Å². The van der Waals surface area contributed by atoms with Crippen LogP contribution >= 0.6 is 0 Å². The molecule has 1 aliphatic heterocycles. The van der Waals surface area contributed by atoms with E-state index >= 15 is 0 Å². The maximum absolute atomic E-state index is 12.3. The molecule has 1 amide bonds. The summed E-state index contributed by atoms with van der Waals surface area (Å²) in [5.74, 6) is 0.807. The summed E-state index contributed by atoms with van der Waals surface area (Å²) in [6.07, 6.45) is 8.15. The molecule has 26 heavy (non-hydrogen) atoms. The van der Waals surface area contributed by atoms with Crippen molar-refractivity contribution in [1.29, 1.82) is 0 Å². The molecule has 0 spiro atoms. The zero-order chi connectivity index (χ0) is 18.6. The molecule has 2 aromatic heterocycles. The SMILES string of the molecule is O=C(c1ccc(NCCCn2ccnc2)nc1)N1CCOCC1.O=CO. The molecule has 140 valence electrons. The van der Waals surface area contributed by atoms with Crippen molar-refractivity contribution in [3.8, 4) is 0 Å². The summed E-state index contributed by atoms with van der Waals surface area (Å²) in [7, 11) is 0. The number of aryl methyl sites for hydroxylation is 1. The number of imidazole rings is 1. The number of ether oxygens (including phenoxy) is 1. The molecule has 9 heteroatoms. The highest BCUT2D eigenvalue weighted by atomic mass is 16.5. The van der Waals surface area contributed by atoms with Gasteiger partial charge in [0.2, 0.25) is 0 Å². The van der Waals surface area contributed by atoms with Gasteiger partial charge in [0.15, 0.2) is 0 Å². The van der Waals surface area contributed by atoms with E-state index in [0.29, 0.717) is 31.9 Å². The first-order valence-electron chi connectivity index (χ1n) is 8.35. The number of carbonyl (C=O) groups is 2. The number of anilines is 1. The van der Waals surface area contributed by atoms with Gasteiger partial charge in [-0.2, -0.15) is 0 Å². The highest BCUT2D eigenvalue weighted by molar-refractivity contribution is 5.94. The van der Waals surface area contributed by atoms with Crippen molar-refractivity contribution in [1.82, 2.24) is 19.4 Å². The lowest BCUT2D eigenvalue weighted by Crippen LogP contribution is -2.40. The van der Waals surface area contributed by atoms with E-state index in [2.05, 4.69) is 15.3 Å². The minimum absolute atomic E-state index is 0.0208. The Bertz CT molecular complexity index is 654. The van der Waals surface area contributed by atoms with E-state index in [4.69, 9.17) is 14.6 Å². The van der Waals surface area contributed by atoms with Crippen molar-refractivity contribution in [3.63, 3.8) is 0 Å². The maximum atomic E-state index is 12.3. The number of rotatable bonds is 6. The zero-order valence-electron chi connectivity index (χ0n) is 14.5. The van der Waals surface area contributed by atoms with E-state index in [9.17, 15) is 4.79 Å². The van der Waals surface area contributed by atoms with E-state index in [1.165, 1.54) is 0 Å². The fourth-order valence-electron chi connectivity index (χ4n) is 2.47. The van der Waals surface area contributed by atoms with Crippen LogP contribution in [0.1, 0.15) is 16.8 Å². The summed E-state index contributed by atoms with van der Waals surface area (Å²) >= 11 is 0. The van der Waals surface area contributed by atoms with Gasteiger partial charge in [0.05, 0.1) is 25.1 Å². The van der Waals surface area contributed by atoms with Crippen molar-refractivity contribution in [2.45, 2.75) is 13.0 Å². The first-order valence-corrected chi connectivity index (χ1v) is 8.35. The largest absolute Gasteiger partial charge is 0.483 e. The highest BCUT2D eigenvalue weighted by Crippen LogP contribution is 2.09. The monoisotopic (exact) mass is 361 g/mol. The molecular weight excluding hydrogens is 338 g/mol. The Morgan fingerprint density at radius 1 is 1.35 bits per heavy atom. The molecule has 3 rings (SSSR count). The van der Waals surface area contributed by atoms with Crippen LogP contribution in [-0.2, 0) is 16.1 Å². The number of pyridine rings is 1. The van der Waals surface area contributed by atoms with E-state index in [1.54, 1.807) is 17.3 Å². The Labute approximate surface area is 151 Å². The van der Waals surface area contributed by atoms with Crippen molar-refractivity contribution in [2.75, 3.05) is 38.2 Å². The van der Waals surface area contributed by atoms with Gasteiger partial charge in [-0.05, 0) is 18.6 Å². The van der Waals surface area contributed by atoms with Crippen molar-refractivity contribution < 1.29 is 19.4 Å². The summed E-state index contributed by atoms with van der Waals surface area (Å²) in [6.45, 7) is 3.99. The van der Waals surface area contributed by atoms with Gasteiger partial charge < -0.3 is 24.6 Å². The summed E-state index contributed by atoms with van der Waals surface area (Å²) in [5, 5.41) is 10.2. The van der Waals surface area contributed by atoms with Gasteiger partial charge in [0, 0.05) is 44.8 Å². The molecule has 9 nitrogen and oxygen atoms in total. The van der Waals surface area contributed by atoms with Gasteiger partial charge >= 0.3 is 0 Å². The van der Waals surface area contributed by atoms with E-state index in [0.717, 1.165) is 25.3 Å². The zero-order valence-corrected chi connectivity index (χ0v) is 14.5. The number of amides is 1. The van der Waals surface area contributed by atoms with Crippen molar-refractivity contribution in [3.05, 3.63) is 42.6 Å². The van der Waals surface area contributed by atoms with Gasteiger partial charge in [-0.3, -0.25) is 9.59 Å². The summed E-state index contributed by atoms with van der Waals surface area (Å²) in [6, 6.07) is 3.67. The molecule has 0 bridgehead atoms. The third kappa shape index (κ3) is 6.17. The minimum Gasteiger partial charge on any atom is -0.483 e. The average molecular weight is 361 g/mol. The molecule has 0 saturated carbocycles. The molecule has 0 unspecified atom stereocenters. The fourth-order valence-corrected chi connectivity index (χ4v) is 2.47. The molecule has 0 atom stereocenters. The first-order chi connectivity index (χ1) is 12.7. The molecule has 2 N–H and O–H groups in total. The number of aromatic nitrogens is 3. The highest BCUT2D eigenvalue weighted by Gasteiger charge is 2.18. The van der Waals surface area contributed by atoms with E-state index in [-0.39, 0.29) is 12.4 Å². The number of nitrogens with one attached hydrogen (secondary N) is 1. The molecule has 1 saturated heterocycles. The number of hydrogen-bond acceptors (Lipinski definition) is 6. The van der Waals surface area contributed by atoms with E-state index < -0.39 is 0 Å². The van der Waals surface area contributed by atoms with Gasteiger partial charge in [-0.15, -0.1) is 0 Å². The van der Waals surface area contributed by atoms with Crippen LogP contribution < -0.4 is 5.32 Å². The summed E-state index contributed by atoms with van der Waals surface area (Å²) < 4.78 is 7.30. The molecule has 2 aromatic rings. The lowest BCUT2D eigenvalue weighted by atomic mass is 10.2. The quantitative estimate of drug-likeness (QED) is 0.582. The normalized spacial score (nSPS) is 13.5. The predicted octanol–water partition coefficient (Wildman–Crippen LogP) is 0.954. The molecule has 0 aliphatic carbocycles. The molecule has 1 fully saturated rings. The number of morpholine rings is 1. The molecule has 1 aliphatic rings. The van der Waals surface area contributed by atoms with Crippen LogP contribution in [0.5, 0.6) is 0 Å². The van der Waals surface area contributed by atoms with Crippen molar-refractivity contribution >= 4 is 18.2 Å². The average Bonchev–Trinajstić information content (AvgIpc) is 3.20. The molecule has 3 heterocycles. The minimum atomic E-state index is -0.250. The Morgan fingerprint density at radius 3 is 2.73 bits per heavy atom. The second kappa shape index (κ2) is 10.8. The van der Waals surface area contributed by atoms with Crippen LogP contribution in [0.25, 0.3) is 0 Å². The lowest BCUT2D eigenvalue weighted by Gasteiger charge is -2.26. The van der Waals surface area contributed by atoms with Crippen LogP contribution in [0.15, 0.2) is 37.1 Å². The van der Waals surface area contributed by atoms with Gasteiger partial charge in [-0.1, -0.05) is 0 Å². The Hall–Kier alpha value is -2.94. The Balaban J connectivity index is 0.000000758. The Morgan fingerprint density at radius 2 is 2.12 bits per heavy atom. The molecular formula is C17H23N5O4. The number of hydrogen-bond donors (Lipinski definition) is 2. The second-order valence-corrected chi connectivity index (χ2v) is 5.52. The van der Waals surface area contributed by atoms with Gasteiger partial charge in [0.1, 0.15) is 5.82 Å². The number of carboxylic acid groups (broad SMARTS) is 1. The van der Waals surface area contributed by atoms with Crippen LogP contribution in [0, 0.1) is 0 Å². The second-order valence-electron chi connectivity index (χ2n) is 5.52. The summed E-state index contributed by atoms with van der Waals surface area (Å²) in [4.78, 5) is 30.8. The third-order valence-corrected chi connectivity index (χ3v) is 3.77. The molecule has 0 radical (unpaired) electrons. The molecule has 0 aromatic carbocycles. The Kier molecular flexibility index (Phi) is 8.07. The van der Waals surface area contributed by atoms with E-state index in [1.807, 2.05) is 29.2 Å². The lowest BCUT2D eigenvalue weighted by molar-refractivity contribution is -0.122. The number of carbonyl (C=O) groups excluding carboxylic acids is 1. The maximum Gasteiger partial charge on any atom is 0.290 e. The topological polar surface area (TPSA) is 110 Å². The predicted molar refractivity (Wildman–Crippen MR) is 95.0 cm³/mol. The standard InChI is InChI=1S/C16H21N5O2.CH2O2/c22-16(21-8-10-23-11-9-21)14-2-3-15(19-12-14)18-4-1-6-20-7-5-17-13-20;2-1-3/h2-3,5,7,12-13H,1,4,6,8-11H2,(H,18,19);1H,(H,2,3). The van der Waals surface area contributed by atoms with Crippen LogP contribution in [0.4, 0.5) is 5.82 Å². The summed E-state index contributed by atoms with van der Waals surface area (Å²) in [5.41, 5.74) is 0.621. The van der Waals surface area contributed by atoms with Crippen LogP contribution in [-0.4, -0.2) is 69.8 Å². The van der Waals surface area contributed by atoms with Crippen LogP contribution in [0.3, 0.4) is 0 Å². The van der Waals surface area contributed by atoms with Gasteiger partial charge in [-0.25, -0.2) is 9.97 Å². The number of nitrogens with zero attached hydrogens (tertiary/aromatic N) is 4. The third-order valence-electron chi connectivity index (χ3n) is 3.77. The van der Waals surface area contributed by atoms with Gasteiger partial charge in [0.25, 0.3) is 12.4 Å².